The van der Waals surface area contributed by atoms with Crippen LogP contribution in [0.15, 0.2) is 142 Å². The number of furan rings is 1. The predicted octanol–water partition coefficient (Wildman–Crippen LogP) is 10.8. The quantitative estimate of drug-likeness (QED) is 0.209. The lowest BCUT2D eigenvalue weighted by molar-refractivity contribution is 0.666. The molecule has 0 unspecified atom stereocenters. The summed E-state index contributed by atoms with van der Waals surface area (Å²) in [5, 5.41) is 4.74. The lowest BCUT2D eigenvalue weighted by Crippen LogP contribution is -1.94. The number of halogens is 1. The minimum Gasteiger partial charge on any atom is -0.454 e. The van der Waals surface area contributed by atoms with Crippen LogP contribution in [0.5, 0.6) is 0 Å². The zero-order chi connectivity index (χ0) is 25.9. The summed E-state index contributed by atoms with van der Waals surface area (Å²) < 4.78 is 9.90. The second-order valence-electron chi connectivity index (χ2n) is 9.92. The van der Waals surface area contributed by atoms with Gasteiger partial charge in [0, 0.05) is 26.0 Å². The highest BCUT2D eigenvalue weighted by atomic mass is 79.9. The molecule has 0 fully saturated rings. The number of para-hydroxylation sites is 3. The van der Waals surface area contributed by atoms with Gasteiger partial charge in [-0.2, -0.15) is 0 Å². The summed E-state index contributed by atoms with van der Waals surface area (Å²) in [5.41, 5.74) is 9.98. The summed E-state index contributed by atoms with van der Waals surface area (Å²) in [4.78, 5) is 0. The average molecular weight is 564 g/mol. The zero-order valence-electron chi connectivity index (χ0n) is 20.9. The molecule has 0 bridgehead atoms. The number of aromatic nitrogens is 1. The van der Waals surface area contributed by atoms with Gasteiger partial charge in [0.15, 0.2) is 5.58 Å². The van der Waals surface area contributed by atoms with E-state index in [0.717, 1.165) is 37.6 Å². The van der Waals surface area contributed by atoms with Crippen LogP contribution in [0.2, 0.25) is 0 Å². The summed E-state index contributed by atoms with van der Waals surface area (Å²) >= 11 is 3.59. The lowest BCUT2D eigenvalue weighted by Gasteiger charge is -2.10. The van der Waals surface area contributed by atoms with Crippen LogP contribution in [0.25, 0.3) is 71.7 Å². The van der Waals surface area contributed by atoms with Gasteiger partial charge in [-0.05, 0) is 58.7 Å². The van der Waals surface area contributed by atoms with Crippen molar-refractivity contribution in [3.63, 3.8) is 0 Å². The fourth-order valence-electron chi connectivity index (χ4n) is 5.84. The van der Waals surface area contributed by atoms with Crippen LogP contribution in [0, 0.1) is 0 Å². The molecule has 0 N–H and O–H groups in total. The van der Waals surface area contributed by atoms with Gasteiger partial charge >= 0.3 is 0 Å². The first kappa shape index (κ1) is 22.4. The number of benzene rings is 6. The van der Waals surface area contributed by atoms with E-state index in [4.69, 9.17) is 4.42 Å². The Labute approximate surface area is 233 Å². The van der Waals surface area contributed by atoms with E-state index in [1.807, 2.05) is 12.1 Å². The molecule has 6 aromatic carbocycles. The first-order valence-corrected chi connectivity index (χ1v) is 13.8. The van der Waals surface area contributed by atoms with Gasteiger partial charge in [0.25, 0.3) is 0 Å². The van der Waals surface area contributed by atoms with E-state index in [-0.39, 0.29) is 0 Å². The van der Waals surface area contributed by atoms with Gasteiger partial charge in [0.1, 0.15) is 5.58 Å². The SMILES string of the molecule is Brc1cccc(-c2ccc(-c3ccc4c5ccccc5n(-c5cccc6c5oc5ccccc56)c4c3)cc2)c1. The van der Waals surface area contributed by atoms with Crippen molar-refractivity contribution in [3.05, 3.63) is 138 Å². The van der Waals surface area contributed by atoms with Crippen molar-refractivity contribution in [1.29, 1.82) is 0 Å². The molecule has 3 heteroatoms. The molecular weight excluding hydrogens is 542 g/mol. The molecule has 2 heterocycles. The molecule has 0 aliphatic rings. The minimum atomic E-state index is 0.908. The van der Waals surface area contributed by atoms with E-state index in [0.29, 0.717) is 0 Å². The Bertz CT molecular complexity index is 2180. The van der Waals surface area contributed by atoms with Gasteiger partial charge in [-0.1, -0.05) is 113 Å². The van der Waals surface area contributed by atoms with E-state index >= 15 is 0 Å². The van der Waals surface area contributed by atoms with Crippen LogP contribution in [0.4, 0.5) is 0 Å². The van der Waals surface area contributed by atoms with E-state index < -0.39 is 0 Å². The molecule has 39 heavy (non-hydrogen) atoms. The summed E-state index contributed by atoms with van der Waals surface area (Å²) in [6.07, 6.45) is 0. The Morgan fingerprint density at radius 1 is 0.462 bits per heavy atom. The molecule has 0 saturated heterocycles. The summed E-state index contributed by atoms with van der Waals surface area (Å²) in [6.45, 7) is 0. The Hall–Kier alpha value is -4.60. The zero-order valence-corrected chi connectivity index (χ0v) is 22.5. The second kappa shape index (κ2) is 8.72. The van der Waals surface area contributed by atoms with Crippen molar-refractivity contribution >= 4 is 59.7 Å². The number of nitrogens with zero attached hydrogens (tertiary/aromatic N) is 1. The average Bonchev–Trinajstić information content (AvgIpc) is 3.53. The van der Waals surface area contributed by atoms with Crippen molar-refractivity contribution in [1.82, 2.24) is 4.57 Å². The van der Waals surface area contributed by atoms with Gasteiger partial charge in [0.05, 0.1) is 16.7 Å². The van der Waals surface area contributed by atoms with Crippen LogP contribution < -0.4 is 0 Å². The fraction of sp³-hybridized carbons (Fsp3) is 0. The molecule has 0 radical (unpaired) electrons. The number of hydrogen-bond acceptors (Lipinski definition) is 1. The molecular formula is C36H22BrNO. The molecule has 8 aromatic rings. The maximum absolute atomic E-state index is 6.46. The first-order valence-electron chi connectivity index (χ1n) is 13.0. The van der Waals surface area contributed by atoms with Crippen molar-refractivity contribution < 1.29 is 4.42 Å². The Morgan fingerprint density at radius 3 is 1.92 bits per heavy atom. The molecule has 0 saturated carbocycles. The summed E-state index contributed by atoms with van der Waals surface area (Å²) in [6, 6.07) is 47.4. The summed E-state index contributed by atoms with van der Waals surface area (Å²) in [5.74, 6) is 0. The van der Waals surface area contributed by atoms with Crippen LogP contribution in [0.3, 0.4) is 0 Å². The van der Waals surface area contributed by atoms with Crippen molar-refractivity contribution in [2.24, 2.45) is 0 Å². The highest BCUT2D eigenvalue weighted by Crippen LogP contribution is 2.39. The largest absolute Gasteiger partial charge is 0.454 e. The van der Waals surface area contributed by atoms with Crippen molar-refractivity contribution in [2.75, 3.05) is 0 Å². The Morgan fingerprint density at radius 2 is 1.10 bits per heavy atom. The Kier molecular flexibility index (Phi) is 5.01. The fourth-order valence-corrected chi connectivity index (χ4v) is 6.24. The Balaban J connectivity index is 1.34. The molecule has 184 valence electrons. The van der Waals surface area contributed by atoms with Crippen molar-refractivity contribution in [3.8, 4) is 27.9 Å². The molecule has 0 spiro atoms. The first-order chi connectivity index (χ1) is 19.2. The highest BCUT2D eigenvalue weighted by Gasteiger charge is 2.18. The molecule has 2 aromatic heterocycles. The normalized spacial score (nSPS) is 11.7. The van der Waals surface area contributed by atoms with Gasteiger partial charge in [-0.3, -0.25) is 0 Å². The van der Waals surface area contributed by atoms with Gasteiger partial charge in [-0.15, -0.1) is 0 Å². The second-order valence-corrected chi connectivity index (χ2v) is 10.8. The molecule has 8 rings (SSSR count). The standard InChI is InChI=1S/C36H22BrNO/c37-27-8-5-7-25(21-27)23-15-17-24(18-16-23)26-19-20-29-28-9-1-3-12-32(28)38(34(29)22-26)33-13-6-11-31-30-10-2-4-14-35(30)39-36(31)33/h1-22H. The molecule has 0 amide bonds. The monoisotopic (exact) mass is 563 g/mol. The minimum absolute atomic E-state index is 0.908. The van der Waals surface area contributed by atoms with Gasteiger partial charge < -0.3 is 8.98 Å². The van der Waals surface area contributed by atoms with E-state index in [2.05, 4.69) is 142 Å². The van der Waals surface area contributed by atoms with Crippen molar-refractivity contribution in [2.45, 2.75) is 0 Å². The third-order valence-electron chi connectivity index (χ3n) is 7.67. The van der Waals surface area contributed by atoms with Gasteiger partial charge in [-0.25, -0.2) is 0 Å². The summed E-state index contributed by atoms with van der Waals surface area (Å²) in [7, 11) is 0. The lowest BCUT2D eigenvalue weighted by atomic mass is 9.99. The van der Waals surface area contributed by atoms with Crippen LogP contribution >= 0.6 is 15.9 Å². The van der Waals surface area contributed by atoms with Gasteiger partial charge in [0.2, 0.25) is 0 Å². The van der Waals surface area contributed by atoms with E-state index in [1.54, 1.807) is 0 Å². The topological polar surface area (TPSA) is 18.1 Å². The third kappa shape index (κ3) is 3.54. The molecule has 0 aliphatic carbocycles. The van der Waals surface area contributed by atoms with E-state index in [1.165, 1.54) is 38.5 Å². The number of fused-ring (bicyclic) bond motifs is 6. The smallest absolute Gasteiger partial charge is 0.159 e. The maximum atomic E-state index is 6.46. The van der Waals surface area contributed by atoms with Crippen LogP contribution in [-0.4, -0.2) is 4.57 Å². The third-order valence-corrected chi connectivity index (χ3v) is 8.17. The number of hydrogen-bond donors (Lipinski definition) is 0. The molecule has 2 nitrogen and oxygen atoms in total. The molecule has 0 atom stereocenters. The highest BCUT2D eigenvalue weighted by molar-refractivity contribution is 9.10. The van der Waals surface area contributed by atoms with Crippen LogP contribution in [-0.2, 0) is 0 Å². The molecule has 0 aliphatic heterocycles. The predicted molar refractivity (Wildman–Crippen MR) is 167 cm³/mol. The van der Waals surface area contributed by atoms with Crippen LogP contribution in [0.1, 0.15) is 0 Å². The maximum Gasteiger partial charge on any atom is 0.159 e. The number of rotatable bonds is 3. The van der Waals surface area contributed by atoms with E-state index in [9.17, 15) is 0 Å².